The van der Waals surface area contributed by atoms with E-state index < -0.39 is 12.0 Å². The van der Waals surface area contributed by atoms with E-state index in [9.17, 15) is 14.7 Å². The monoisotopic (exact) mass is 296 g/mol. The number of carboxylic acid groups (broad SMARTS) is 1. The van der Waals surface area contributed by atoms with Gasteiger partial charge in [0.05, 0.1) is 6.10 Å². The van der Waals surface area contributed by atoms with E-state index in [1.807, 2.05) is 0 Å². The van der Waals surface area contributed by atoms with Crippen molar-refractivity contribution >= 4 is 11.9 Å². The zero-order valence-corrected chi connectivity index (χ0v) is 12.3. The molecule has 2 saturated heterocycles. The van der Waals surface area contributed by atoms with Crippen molar-refractivity contribution in [2.45, 2.75) is 44.2 Å². The third kappa shape index (κ3) is 3.06. The van der Waals surface area contributed by atoms with Gasteiger partial charge >= 0.3 is 5.97 Å². The summed E-state index contributed by atoms with van der Waals surface area (Å²) in [6.45, 7) is 2.46. The topological polar surface area (TPSA) is 78.9 Å². The summed E-state index contributed by atoms with van der Waals surface area (Å²) in [5.74, 6) is -0.505. The molecule has 21 heavy (non-hydrogen) atoms. The van der Waals surface area contributed by atoms with Gasteiger partial charge in [-0.3, -0.25) is 4.79 Å². The Balaban J connectivity index is 1.57. The molecule has 1 aliphatic carbocycles. The maximum absolute atomic E-state index is 12.4. The van der Waals surface area contributed by atoms with Crippen molar-refractivity contribution in [2.24, 2.45) is 11.8 Å². The van der Waals surface area contributed by atoms with Crippen LogP contribution in [-0.4, -0.2) is 60.3 Å². The Morgan fingerprint density at radius 1 is 1.19 bits per heavy atom. The van der Waals surface area contributed by atoms with Gasteiger partial charge in [0.25, 0.3) is 0 Å². The summed E-state index contributed by atoms with van der Waals surface area (Å²) in [7, 11) is 0. The molecule has 0 aromatic rings. The van der Waals surface area contributed by atoms with Gasteiger partial charge in [-0.1, -0.05) is 6.42 Å². The lowest BCUT2D eigenvalue weighted by atomic mass is 9.94. The summed E-state index contributed by atoms with van der Waals surface area (Å²) in [6, 6.07) is -0.637. The van der Waals surface area contributed by atoms with Gasteiger partial charge in [-0.05, 0) is 50.6 Å². The molecule has 6 heteroatoms. The molecule has 3 fully saturated rings. The van der Waals surface area contributed by atoms with Crippen molar-refractivity contribution in [1.29, 1.82) is 0 Å². The summed E-state index contributed by atoms with van der Waals surface area (Å²) in [5.41, 5.74) is 0. The van der Waals surface area contributed by atoms with Gasteiger partial charge in [-0.15, -0.1) is 0 Å². The fourth-order valence-corrected chi connectivity index (χ4v) is 4.11. The second-order valence-electron chi connectivity index (χ2n) is 6.44. The number of aliphatic carboxylic acids is 1. The predicted molar refractivity (Wildman–Crippen MR) is 75.8 cm³/mol. The van der Waals surface area contributed by atoms with Gasteiger partial charge in [0.1, 0.15) is 12.6 Å². The van der Waals surface area contributed by atoms with Crippen molar-refractivity contribution in [3.8, 4) is 0 Å². The van der Waals surface area contributed by atoms with E-state index in [-0.39, 0.29) is 24.5 Å². The van der Waals surface area contributed by atoms with Crippen molar-refractivity contribution in [1.82, 2.24) is 10.2 Å². The van der Waals surface area contributed by atoms with E-state index in [0.717, 1.165) is 45.2 Å². The maximum atomic E-state index is 12.4. The molecule has 2 heterocycles. The second kappa shape index (κ2) is 6.32. The highest BCUT2D eigenvalue weighted by Crippen LogP contribution is 2.42. The van der Waals surface area contributed by atoms with E-state index in [0.29, 0.717) is 12.5 Å². The van der Waals surface area contributed by atoms with Gasteiger partial charge in [-0.2, -0.15) is 0 Å². The number of carbonyl (C=O) groups excluding carboxylic acids is 1. The van der Waals surface area contributed by atoms with Crippen LogP contribution in [0.1, 0.15) is 32.1 Å². The van der Waals surface area contributed by atoms with E-state index in [1.165, 1.54) is 0 Å². The number of rotatable bonds is 4. The van der Waals surface area contributed by atoms with Crippen LogP contribution >= 0.6 is 0 Å². The van der Waals surface area contributed by atoms with Gasteiger partial charge in [0, 0.05) is 6.54 Å². The second-order valence-corrected chi connectivity index (χ2v) is 6.44. The number of carbonyl (C=O) groups is 2. The SMILES string of the molecule is O=C(O)C1C2CCCC2CN1C(=O)COC1CCNCC1. The van der Waals surface area contributed by atoms with Crippen LogP contribution in [0.2, 0.25) is 0 Å². The normalized spacial score (nSPS) is 33.1. The zero-order chi connectivity index (χ0) is 14.8. The lowest BCUT2D eigenvalue weighted by molar-refractivity contribution is -0.152. The fourth-order valence-electron chi connectivity index (χ4n) is 4.11. The first-order valence-corrected chi connectivity index (χ1v) is 8.01. The van der Waals surface area contributed by atoms with Gasteiger partial charge in [0.2, 0.25) is 5.91 Å². The van der Waals surface area contributed by atoms with Crippen LogP contribution in [-0.2, 0) is 14.3 Å². The number of hydrogen-bond donors (Lipinski definition) is 2. The first-order chi connectivity index (χ1) is 10.2. The van der Waals surface area contributed by atoms with Crippen LogP contribution in [0.4, 0.5) is 0 Å². The minimum atomic E-state index is -0.861. The third-order valence-electron chi connectivity index (χ3n) is 5.19. The van der Waals surface area contributed by atoms with Gasteiger partial charge < -0.3 is 20.1 Å². The average molecular weight is 296 g/mol. The molecule has 0 aromatic heterocycles. The van der Waals surface area contributed by atoms with E-state index in [4.69, 9.17) is 4.74 Å². The summed E-state index contributed by atoms with van der Waals surface area (Å²) in [4.78, 5) is 25.4. The molecule has 1 amide bonds. The standard InChI is InChI=1S/C15H24N2O4/c18-13(9-21-11-4-6-16-7-5-11)17-8-10-2-1-3-12(10)14(17)15(19)20/h10-12,14,16H,1-9H2,(H,19,20). The molecule has 3 rings (SSSR count). The summed E-state index contributed by atoms with van der Waals surface area (Å²) < 4.78 is 5.68. The highest BCUT2D eigenvalue weighted by Gasteiger charge is 2.49. The molecule has 0 spiro atoms. The maximum Gasteiger partial charge on any atom is 0.326 e. The average Bonchev–Trinajstić information content (AvgIpc) is 3.05. The van der Waals surface area contributed by atoms with Crippen LogP contribution in [0.5, 0.6) is 0 Å². The number of likely N-dealkylation sites (tertiary alicyclic amines) is 1. The highest BCUT2D eigenvalue weighted by atomic mass is 16.5. The molecule has 6 nitrogen and oxygen atoms in total. The molecule has 0 aromatic carbocycles. The van der Waals surface area contributed by atoms with Crippen LogP contribution in [0.3, 0.4) is 0 Å². The molecule has 1 saturated carbocycles. The quantitative estimate of drug-likeness (QED) is 0.788. The van der Waals surface area contributed by atoms with Crippen molar-refractivity contribution < 1.29 is 19.4 Å². The summed E-state index contributed by atoms with van der Waals surface area (Å²) >= 11 is 0. The largest absolute Gasteiger partial charge is 0.480 e. The molecule has 3 unspecified atom stereocenters. The first kappa shape index (κ1) is 14.8. The highest BCUT2D eigenvalue weighted by molar-refractivity contribution is 5.85. The Kier molecular flexibility index (Phi) is 4.45. The minimum Gasteiger partial charge on any atom is -0.480 e. The number of carboxylic acids is 1. The lowest BCUT2D eigenvalue weighted by Crippen LogP contribution is -2.45. The fraction of sp³-hybridized carbons (Fsp3) is 0.867. The predicted octanol–water partition coefficient (Wildman–Crippen LogP) is 0.467. The Hall–Kier alpha value is -1.14. The molecule has 2 aliphatic heterocycles. The number of ether oxygens (including phenoxy) is 1. The van der Waals surface area contributed by atoms with Crippen LogP contribution in [0.25, 0.3) is 0 Å². The van der Waals surface area contributed by atoms with Crippen LogP contribution in [0.15, 0.2) is 0 Å². The van der Waals surface area contributed by atoms with Gasteiger partial charge in [-0.25, -0.2) is 4.79 Å². The molecule has 118 valence electrons. The number of hydrogen-bond acceptors (Lipinski definition) is 4. The van der Waals surface area contributed by atoms with E-state index in [1.54, 1.807) is 4.90 Å². The summed E-state index contributed by atoms with van der Waals surface area (Å²) in [6.07, 6.45) is 5.03. The van der Waals surface area contributed by atoms with Gasteiger partial charge in [0.15, 0.2) is 0 Å². The molecule has 0 radical (unpaired) electrons. The first-order valence-electron chi connectivity index (χ1n) is 8.01. The Morgan fingerprint density at radius 3 is 2.67 bits per heavy atom. The molecule has 3 aliphatic rings. The molecule has 0 bridgehead atoms. The van der Waals surface area contributed by atoms with E-state index >= 15 is 0 Å². The lowest BCUT2D eigenvalue weighted by Gasteiger charge is -2.27. The molecular formula is C15H24N2O4. The number of nitrogens with one attached hydrogen (secondary N) is 1. The molecular weight excluding hydrogens is 272 g/mol. The van der Waals surface area contributed by atoms with Crippen molar-refractivity contribution in [2.75, 3.05) is 26.2 Å². The number of nitrogens with zero attached hydrogens (tertiary/aromatic N) is 1. The molecule has 2 N–H and O–H groups in total. The number of fused-ring (bicyclic) bond motifs is 1. The molecule has 3 atom stereocenters. The zero-order valence-electron chi connectivity index (χ0n) is 12.3. The van der Waals surface area contributed by atoms with Crippen molar-refractivity contribution in [3.63, 3.8) is 0 Å². The van der Waals surface area contributed by atoms with E-state index in [2.05, 4.69) is 5.32 Å². The Bertz CT molecular complexity index is 408. The number of amides is 1. The Labute approximate surface area is 124 Å². The third-order valence-corrected chi connectivity index (χ3v) is 5.19. The summed E-state index contributed by atoms with van der Waals surface area (Å²) in [5, 5.41) is 12.7. The van der Waals surface area contributed by atoms with Crippen LogP contribution in [0, 0.1) is 11.8 Å². The smallest absolute Gasteiger partial charge is 0.326 e. The van der Waals surface area contributed by atoms with Crippen LogP contribution < -0.4 is 5.32 Å². The minimum absolute atomic E-state index is 0.0217. The van der Waals surface area contributed by atoms with Crippen molar-refractivity contribution in [3.05, 3.63) is 0 Å². The number of piperidine rings is 1. The Morgan fingerprint density at radius 2 is 1.95 bits per heavy atom.